The maximum Gasteiger partial charge on any atom is 0.330 e. The van der Waals surface area contributed by atoms with Gasteiger partial charge in [-0.15, -0.1) is 11.3 Å². The highest BCUT2D eigenvalue weighted by Gasteiger charge is 2.43. The largest absolute Gasteiger partial charge is 0.479 e. The van der Waals surface area contributed by atoms with E-state index >= 15 is 0 Å². The number of thioether (sulfide) groups is 1. The first-order valence-corrected chi connectivity index (χ1v) is 9.10. The summed E-state index contributed by atoms with van der Waals surface area (Å²) in [4.78, 5) is 40.6. The van der Waals surface area contributed by atoms with Crippen LogP contribution in [0.15, 0.2) is 22.6 Å². The predicted octanol–water partition coefficient (Wildman–Crippen LogP) is 0.925. The molecule has 0 saturated carbocycles. The minimum absolute atomic E-state index is 0.0386. The molecule has 1 unspecified atom stereocenters. The lowest BCUT2D eigenvalue weighted by Crippen LogP contribution is -2.54. The summed E-state index contributed by atoms with van der Waals surface area (Å²) in [6.07, 6.45) is 1.88. The van der Waals surface area contributed by atoms with Crippen LogP contribution in [-0.4, -0.2) is 43.6 Å². The number of hydrogen-bond donors (Lipinski definition) is 2. The van der Waals surface area contributed by atoms with Crippen molar-refractivity contribution < 1.29 is 14.7 Å². The lowest BCUT2D eigenvalue weighted by molar-refractivity contribution is -0.146. The predicted molar refractivity (Wildman–Crippen MR) is 88.9 cm³/mol. The van der Waals surface area contributed by atoms with Gasteiger partial charge in [-0.1, -0.05) is 0 Å². The van der Waals surface area contributed by atoms with E-state index in [1.54, 1.807) is 11.4 Å². The standard InChI is InChI=1S/C14H15N3O4S2/c18-10(16-14(13(20)21)3-6-22-7-14)1-4-17-8-15-11-9(12(17)19)2-5-23-11/h2,5,8H,1,3-4,6-7H2,(H,16,18)(H,20,21). The Hall–Kier alpha value is -1.87. The van der Waals surface area contributed by atoms with E-state index in [4.69, 9.17) is 0 Å². The van der Waals surface area contributed by atoms with Crippen LogP contribution in [0.25, 0.3) is 10.2 Å². The molecule has 1 amide bonds. The average Bonchev–Trinajstić information content (AvgIpc) is 3.16. The van der Waals surface area contributed by atoms with Crippen LogP contribution in [0.3, 0.4) is 0 Å². The maximum absolute atomic E-state index is 12.2. The Morgan fingerprint density at radius 1 is 1.48 bits per heavy atom. The quantitative estimate of drug-likeness (QED) is 0.829. The zero-order valence-electron chi connectivity index (χ0n) is 12.2. The molecule has 0 spiro atoms. The first-order valence-electron chi connectivity index (χ1n) is 7.07. The van der Waals surface area contributed by atoms with E-state index in [9.17, 15) is 19.5 Å². The Bertz CT molecular complexity index is 808. The molecule has 1 aliphatic heterocycles. The summed E-state index contributed by atoms with van der Waals surface area (Å²) in [6, 6.07) is 1.71. The molecule has 1 saturated heterocycles. The molecule has 0 bridgehead atoms. The van der Waals surface area contributed by atoms with E-state index in [2.05, 4.69) is 10.3 Å². The molecule has 9 heteroatoms. The molecule has 122 valence electrons. The lowest BCUT2D eigenvalue weighted by atomic mass is 9.99. The number of aromatic nitrogens is 2. The molecule has 2 N–H and O–H groups in total. The molecule has 23 heavy (non-hydrogen) atoms. The highest BCUT2D eigenvalue weighted by molar-refractivity contribution is 7.99. The Kier molecular flexibility index (Phi) is 4.40. The van der Waals surface area contributed by atoms with Crippen molar-refractivity contribution in [3.8, 4) is 0 Å². The van der Waals surface area contributed by atoms with Crippen molar-refractivity contribution in [2.75, 3.05) is 11.5 Å². The summed E-state index contributed by atoms with van der Waals surface area (Å²) >= 11 is 2.90. The number of amides is 1. The molecule has 0 aromatic carbocycles. The molecular weight excluding hydrogens is 338 g/mol. The van der Waals surface area contributed by atoms with E-state index in [1.807, 2.05) is 0 Å². The average molecular weight is 353 g/mol. The summed E-state index contributed by atoms with van der Waals surface area (Å²) in [5.74, 6) is -0.289. The number of hydrogen-bond acceptors (Lipinski definition) is 6. The van der Waals surface area contributed by atoms with Crippen molar-refractivity contribution in [2.24, 2.45) is 0 Å². The minimum atomic E-state index is -1.18. The number of rotatable bonds is 5. The van der Waals surface area contributed by atoms with Gasteiger partial charge in [-0.05, 0) is 23.6 Å². The third kappa shape index (κ3) is 3.11. The van der Waals surface area contributed by atoms with Crippen LogP contribution in [0, 0.1) is 0 Å². The second kappa shape index (κ2) is 6.32. The molecule has 2 aromatic rings. The number of carboxylic acids is 1. The molecule has 0 aliphatic carbocycles. The normalized spacial score (nSPS) is 20.7. The number of carbonyl (C=O) groups is 2. The van der Waals surface area contributed by atoms with Gasteiger partial charge in [-0.25, -0.2) is 9.78 Å². The van der Waals surface area contributed by atoms with Gasteiger partial charge in [0.15, 0.2) is 0 Å². The number of carboxylic acid groups (broad SMARTS) is 1. The second-order valence-corrected chi connectivity index (χ2v) is 7.37. The van der Waals surface area contributed by atoms with Crippen molar-refractivity contribution in [1.29, 1.82) is 0 Å². The topological polar surface area (TPSA) is 101 Å². The summed E-state index contributed by atoms with van der Waals surface area (Å²) in [7, 11) is 0. The smallest absolute Gasteiger partial charge is 0.330 e. The third-order valence-electron chi connectivity index (χ3n) is 3.84. The van der Waals surface area contributed by atoms with Crippen LogP contribution >= 0.6 is 23.1 Å². The SMILES string of the molecule is O=C(CCn1cnc2sccc2c1=O)NC1(C(=O)O)CCSC1. The van der Waals surface area contributed by atoms with Gasteiger partial charge in [-0.3, -0.25) is 14.2 Å². The summed E-state index contributed by atoms with van der Waals surface area (Å²) in [6.45, 7) is 0.173. The zero-order valence-corrected chi connectivity index (χ0v) is 13.8. The van der Waals surface area contributed by atoms with Crippen molar-refractivity contribution in [1.82, 2.24) is 14.9 Å². The summed E-state index contributed by atoms with van der Waals surface area (Å²) in [5, 5.41) is 14.3. The van der Waals surface area contributed by atoms with E-state index in [0.29, 0.717) is 28.1 Å². The van der Waals surface area contributed by atoms with Gasteiger partial charge < -0.3 is 10.4 Å². The number of fused-ring (bicyclic) bond motifs is 1. The van der Waals surface area contributed by atoms with Crippen LogP contribution in [0.1, 0.15) is 12.8 Å². The van der Waals surface area contributed by atoms with Crippen molar-refractivity contribution in [3.05, 3.63) is 28.1 Å². The van der Waals surface area contributed by atoms with Crippen LogP contribution in [0.4, 0.5) is 0 Å². The zero-order chi connectivity index (χ0) is 16.4. The van der Waals surface area contributed by atoms with Gasteiger partial charge in [-0.2, -0.15) is 11.8 Å². The first-order chi connectivity index (χ1) is 11.0. The number of aliphatic carboxylic acids is 1. The first kappa shape index (κ1) is 16.0. The van der Waals surface area contributed by atoms with Crippen molar-refractivity contribution >= 4 is 45.2 Å². The van der Waals surface area contributed by atoms with Crippen LogP contribution in [-0.2, 0) is 16.1 Å². The number of carbonyl (C=O) groups excluding carboxylic acids is 1. The van der Waals surface area contributed by atoms with E-state index < -0.39 is 11.5 Å². The lowest BCUT2D eigenvalue weighted by Gasteiger charge is -2.24. The molecule has 1 aliphatic rings. The molecule has 2 aromatic heterocycles. The number of thiophene rings is 1. The number of nitrogens with one attached hydrogen (secondary N) is 1. The summed E-state index contributed by atoms with van der Waals surface area (Å²) < 4.78 is 1.38. The van der Waals surface area contributed by atoms with Crippen LogP contribution in [0.2, 0.25) is 0 Å². The van der Waals surface area contributed by atoms with Crippen LogP contribution < -0.4 is 10.9 Å². The van der Waals surface area contributed by atoms with Gasteiger partial charge in [0.1, 0.15) is 10.4 Å². The number of nitrogens with zero attached hydrogens (tertiary/aromatic N) is 2. The van der Waals surface area contributed by atoms with Gasteiger partial charge in [0, 0.05) is 18.7 Å². The van der Waals surface area contributed by atoms with Gasteiger partial charge in [0.05, 0.1) is 11.7 Å². The molecule has 1 atom stereocenters. The highest BCUT2D eigenvalue weighted by Crippen LogP contribution is 2.28. The fourth-order valence-corrected chi connectivity index (χ4v) is 4.54. The molecule has 7 nitrogen and oxygen atoms in total. The second-order valence-electron chi connectivity index (χ2n) is 5.37. The third-order valence-corrected chi connectivity index (χ3v) is 5.85. The maximum atomic E-state index is 12.2. The molecule has 0 radical (unpaired) electrons. The van der Waals surface area contributed by atoms with Crippen molar-refractivity contribution in [3.63, 3.8) is 0 Å². The minimum Gasteiger partial charge on any atom is -0.479 e. The van der Waals surface area contributed by atoms with Gasteiger partial charge in [0.2, 0.25) is 5.91 Å². The van der Waals surface area contributed by atoms with E-state index in [-0.39, 0.29) is 24.4 Å². The van der Waals surface area contributed by atoms with Crippen LogP contribution in [0.5, 0.6) is 0 Å². The van der Waals surface area contributed by atoms with E-state index in [0.717, 1.165) is 0 Å². The molecule has 3 heterocycles. The Labute approximate surface area is 139 Å². The monoisotopic (exact) mass is 353 g/mol. The Balaban J connectivity index is 1.67. The molecule has 3 rings (SSSR count). The summed E-state index contributed by atoms with van der Waals surface area (Å²) in [5.41, 5.74) is -1.36. The van der Waals surface area contributed by atoms with Gasteiger partial charge in [0.25, 0.3) is 5.56 Å². The van der Waals surface area contributed by atoms with Gasteiger partial charge >= 0.3 is 5.97 Å². The van der Waals surface area contributed by atoms with E-state index in [1.165, 1.54) is 34.0 Å². The fraction of sp³-hybridized carbons (Fsp3) is 0.429. The highest BCUT2D eigenvalue weighted by atomic mass is 32.2. The molecular formula is C14H15N3O4S2. The number of aryl methyl sites for hydroxylation is 1. The Morgan fingerprint density at radius 3 is 3.00 bits per heavy atom. The molecule has 1 fully saturated rings. The Morgan fingerprint density at radius 2 is 2.30 bits per heavy atom. The fourth-order valence-electron chi connectivity index (χ4n) is 2.49. The van der Waals surface area contributed by atoms with Crippen molar-refractivity contribution in [2.45, 2.75) is 24.9 Å².